The molecule has 0 aliphatic carbocycles. The third-order valence-corrected chi connectivity index (χ3v) is 4.38. The van der Waals surface area contributed by atoms with Crippen molar-refractivity contribution < 1.29 is 18.0 Å². The number of piperidine rings is 1. The first-order valence-electron chi connectivity index (χ1n) is 6.95. The van der Waals surface area contributed by atoms with Crippen LogP contribution in [0.4, 0.5) is 13.2 Å². The van der Waals surface area contributed by atoms with E-state index in [0.29, 0.717) is 18.2 Å². The van der Waals surface area contributed by atoms with Crippen molar-refractivity contribution in [2.24, 2.45) is 5.92 Å². The molecular weight excluding hydrogens is 267 g/mol. The second-order valence-corrected chi connectivity index (χ2v) is 5.81. The van der Waals surface area contributed by atoms with E-state index in [1.807, 2.05) is 0 Å². The van der Waals surface area contributed by atoms with Crippen molar-refractivity contribution >= 4 is 5.78 Å². The molecule has 2 aliphatic heterocycles. The van der Waals surface area contributed by atoms with Gasteiger partial charge in [-0.15, -0.1) is 0 Å². The van der Waals surface area contributed by atoms with Crippen LogP contribution >= 0.6 is 0 Å². The molecule has 0 saturated carbocycles. The molecule has 2 heterocycles. The van der Waals surface area contributed by atoms with Crippen molar-refractivity contribution in [1.82, 2.24) is 5.32 Å². The van der Waals surface area contributed by atoms with E-state index in [1.54, 1.807) is 0 Å². The number of benzene rings is 1. The van der Waals surface area contributed by atoms with Gasteiger partial charge in [0.25, 0.3) is 0 Å². The molecule has 108 valence electrons. The predicted octanol–water partition coefficient (Wildman–Crippen LogP) is 2.75. The Hall–Kier alpha value is -1.36. The van der Waals surface area contributed by atoms with Gasteiger partial charge in [-0.3, -0.25) is 4.79 Å². The van der Waals surface area contributed by atoms with Crippen LogP contribution in [0.15, 0.2) is 12.1 Å². The summed E-state index contributed by atoms with van der Waals surface area (Å²) in [4.78, 5) is 12.2. The second-order valence-electron chi connectivity index (χ2n) is 5.81. The zero-order valence-corrected chi connectivity index (χ0v) is 11.0. The molecule has 0 aromatic heterocycles. The summed E-state index contributed by atoms with van der Waals surface area (Å²) >= 11 is 0. The molecule has 5 heteroatoms. The van der Waals surface area contributed by atoms with Gasteiger partial charge in [-0.25, -0.2) is 13.2 Å². The summed E-state index contributed by atoms with van der Waals surface area (Å²) < 4.78 is 39.5. The van der Waals surface area contributed by atoms with Crippen molar-refractivity contribution in [3.8, 4) is 0 Å². The minimum absolute atomic E-state index is 0.0558. The smallest absolute Gasteiger partial charge is 0.161 e. The fraction of sp³-hybridized carbons (Fsp3) is 0.533. The Balaban J connectivity index is 1.71. The van der Waals surface area contributed by atoms with E-state index in [-0.39, 0.29) is 23.7 Å². The first kappa shape index (κ1) is 13.6. The number of hydrogen-bond acceptors (Lipinski definition) is 2. The average Bonchev–Trinajstić information content (AvgIpc) is 2.74. The highest BCUT2D eigenvalue weighted by atomic mass is 19.2. The quantitative estimate of drug-likeness (QED) is 0.864. The van der Waals surface area contributed by atoms with Gasteiger partial charge >= 0.3 is 0 Å². The molecule has 0 spiro atoms. The Bertz CT molecular complexity index is 534. The van der Waals surface area contributed by atoms with Gasteiger partial charge < -0.3 is 5.32 Å². The molecule has 1 N–H and O–H groups in total. The van der Waals surface area contributed by atoms with E-state index in [2.05, 4.69) is 5.32 Å². The number of hydrogen-bond donors (Lipinski definition) is 1. The topological polar surface area (TPSA) is 29.1 Å². The SMILES string of the molecule is O=C(Cc1cc(F)c(F)cc1F)C1CC2CCC(C1)N2. The summed E-state index contributed by atoms with van der Waals surface area (Å²) in [6.45, 7) is 0. The largest absolute Gasteiger partial charge is 0.311 e. The van der Waals surface area contributed by atoms with Crippen LogP contribution in [0, 0.1) is 23.4 Å². The number of carbonyl (C=O) groups is 1. The molecule has 2 nitrogen and oxygen atoms in total. The monoisotopic (exact) mass is 283 g/mol. The zero-order valence-electron chi connectivity index (χ0n) is 11.0. The molecule has 20 heavy (non-hydrogen) atoms. The first-order chi connectivity index (χ1) is 9.52. The Labute approximate surface area is 115 Å². The molecule has 0 amide bonds. The molecular formula is C15H16F3NO. The second kappa shape index (κ2) is 5.20. The van der Waals surface area contributed by atoms with Crippen molar-refractivity contribution in [3.63, 3.8) is 0 Å². The molecule has 2 saturated heterocycles. The van der Waals surface area contributed by atoms with Crippen molar-refractivity contribution in [2.45, 2.75) is 44.2 Å². The number of carbonyl (C=O) groups excluding carboxylic acids is 1. The van der Waals surface area contributed by atoms with Gasteiger partial charge in [0, 0.05) is 30.5 Å². The molecule has 1 aromatic carbocycles. The number of Topliss-reactive ketones (excluding diaryl/α,β-unsaturated/α-hetero) is 1. The Morgan fingerprint density at radius 1 is 1.05 bits per heavy atom. The molecule has 2 aliphatic rings. The number of rotatable bonds is 3. The summed E-state index contributed by atoms with van der Waals surface area (Å²) in [5.41, 5.74) is -0.0558. The minimum Gasteiger partial charge on any atom is -0.311 e. The van der Waals surface area contributed by atoms with Crippen LogP contribution in [0.25, 0.3) is 0 Å². The highest BCUT2D eigenvalue weighted by Crippen LogP contribution is 2.32. The third-order valence-electron chi connectivity index (χ3n) is 4.38. The highest BCUT2D eigenvalue weighted by molar-refractivity contribution is 5.83. The van der Waals surface area contributed by atoms with Crippen LogP contribution in [0.5, 0.6) is 0 Å². The molecule has 3 rings (SSSR count). The Morgan fingerprint density at radius 3 is 2.30 bits per heavy atom. The van der Waals surface area contributed by atoms with Crippen molar-refractivity contribution in [2.75, 3.05) is 0 Å². The molecule has 0 radical (unpaired) electrons. The lowest BCUT2D eigenvalue weighted by Gasteiger charge is -2.28. The summed E-state index contributed by atoms with van der Waals surface area (Å²) in [6.07, 6.45) is 3.52. The van der Waals surface area contributed by atoms with Crippen molar-refractivity contribution in [3.05, 3.63) is 35.1 Å². The van der Waals surface area contributed by atoms with E-state index in [0.717, 1.165) is 31.7 Å². The summed E-state index contributed by atoms with van der Waals surface area (Å²) in [7, 11) is 0. The van der Waals surface area contributed by atoms with Gasteiger partial charge in [-0.2, -0.15) is 0 Å². The number of ketones is 1. The molecule has 1 aromatic rings. The summed E-state index contributed by atoms with van der Waals surface area (Å²) in [5, 5.41) is 3.43. The van der Waals surface area contributed by atoms with E-state index < -0.39 is 17.5 Å². The van der Waals surface area contributed by atoms with Gasteiger partial charge in [0.15, 0.2) is 11.6 Å². The third kappa shape index (κ3) is 2.59. The number of fused-ring (bicyclic) bond motifs is 2. The Kier molecular flexibility index (Phi) is 3.54. The van der Waals surface area contributed by atoms with E-state index in [4.69, 9.17) is 0 Å². The molecule has 2 atom stereocenters. The fourth-order valence-electron chi connectivity index (χ4n) is 3.35. The Morgan fingerprint density at radius 2 is 1.65 bits per heavy atom. The van der Waals surface area contributed by atoms with Crippen LogP contribution in [0.2, 0.25) is 0 Å². The van der Waals surface area contributed by atoms with Crippen LogP contribution in [0.3, 0.4) is 0 Å². The van der Waals surface area contributed by atoms with Crippen LogP contribution in [-0.4, -0.2) is 17.9 Å². The minimum atomic E-state index is -1.22. The standard InChI is InChI=1S/C15H16F3NO/c16-12-7-14(18)13(17)5-8(12)6-15(20)9-3-10-1-2-11(4-9)19-10/h5,7,9-11,19H,1-4,6H2. The van der Waals surface area contributed by atoms with E-state index >= 15 is 0 Å². The average molecular weight is 283 g/mol. The van der Waals surface area contributed by atoms with Gasteiger partial charge in [0.05, 0.1) is 0 Å². The maximum absolute atomic E-state index is 13.6. The lowest BCUT2D eigenvalue weighted by molar-refractivity contribution is -0.123. The zero-order chi connectivity index (χ0) is 14.3. The summed E-state index contributed by atoms with van der Waals surface area (Å²) in [6, 6.07) is 2.04. The van der Waals surface area contributed by atoms with Gasteiger partial charge in [-0.05, 0) is 37.3 Å². The lowest BCUT2D eigenvalue weighted by atomic mass is 9.86. The van der Waals surface area contributed by atoms with Crippen molar-refractivity contribution in [1.29, 1.82) is 0 Å². The summed E-state index contributed by atoms with van der Waals surface area (Å²) in [5.74, 6) is -3.36. The highest BCUT2D eigenvalue weighted by Gasteiger charge is 2.36. The number of halogens is 3. The van der Waals surface area contributed by atoms with E-state index in [1.165, 1.54) is 0 Å². The predicted molar refractivity (Wildman–Crippen MR) is 67.7 cm³/mol. The van der Waals surface area contributed by atoms with Gasteiger partial charge in [0.2, 0.25) is 0 Å². The molecule has 2 bridgehead atoms. The van der Waals surface area contributed by atoms with E-state index in [9.17, 15) is 18.0 Å². The van der Waals surface area contributed by atoms with Gasteiger partial charge in [0.1, 0.15) is 11.6 Å². The number of nitrogens with one attached hydrogen (secondary N) is 1. The maximum atomic E-state index is 13.6. The normalized spacial score (nSPS) is 28.6. The molecule has 2 fully saturated rings. The van der Waals surface area contributed by atoms with Crippen LogP contribution < -0.4 is 5.32 Å². The maximum Gasteiger partial charge on any atom is 0.161 e. The van der Waals surface area contributed by atoms with Gasteiger partial charge in [-0.1, -0.05) is 0 Å². The lowest BCUT2D eigenvalue weighted by Crippen LogP contribution is -2.40. The van der Waals surface area contributed by atoms with Crippen LogP contribution in [-0.2, 0) is 11.2 Å². The first-order valence-corrected chi connectivity index (χ1v) is 6.95. The molecule has 2 unspecified atom stereocenters. The van der Waals surface area contributed by atoms with Crippen LogP contribution in [0.1, 0.15) is 31.2 Å². The fourth-order valence-corrected chi connectivity index (χ4v) is 3.35.